The molecule has 4 heteroatoms. The summed E-state index contributed by atoms with van der Waals surface area (Å²) in [4.78, 5) is 0. The molecule has 1 fully saturated rings. The smallest absolute Gasteiger partial charge is 0.161 e. The van der Waals surface area contributed by atoms with Gasteiger partial charge in [-0.15, -0.1) is 0 Å². The lowest BCUT2D eigenvalue weighted by Crippen LogP contribution is -2.25. The van der Waals surface area contributed by atoms with Gasteiger partial charge in [0, 0.05) is 7.05 Å². The van der Waals surface area contributed by atoms with E-state index in [1.807, 2.05) is 17.9 Å². The van der Waals surface area contributed by atoms with Crippen LogP contribution in [0, 0.1) is 5.92 Å². The normalized spacial score (nSPS) is 17.9. The molecule has 1 aliphatic carbocycles. The molecule has 0 aliphatic heterocycles. The summed E-state index contributed by atoms with van der Waals surface area (Å²) >= 11 is 0. The van der Waals surface area contributed by atoms with Crippen LogP contribution in [-0.4, -0.2) is 23.4 Å². The topological polar surface area (TPSA) is 39.1 Å². The van der Waals surface area contributed by atoms with Crippen molar-refractivity contribution in [2.75, 3.05) is 13.7 Å². The summed E-state index contributed by atoms with van der Waals surface area (Å²) in [6.45, 7) is 3.26. The maximum Gasteiger partial charge on any atom is 0.161 e. The number of hydrogen-bond acceptors (Lipinski definition) is 3. The van der Waals surface area contributed by atoms with Gasteiger partial charge in [-0.05, 0) is 31.7 Å². The molecule has 1 saturated carbocycles. The van der Waals surface area contributed by atoms with Crippen LogP contribution in [0.15, 0.2) is 6.20 Å². The number of aryl methyl sites for hydroxylation is 1. The van der Waals surface area contributed by atoms with Crippen molar-refractivity contribution in [2.45, 2.75) is 64.3 Å². The molecule has 21 heavy (non-hydrogen) atoms. The SMILES string of the molecule is CCCNC(CCC1CCCCC1)c1c(OC)cnn1C. The van der Waals surface area contributed by atoms with Gasteiger partial charge in [-0.3, -0.25) is 4.68 Å². The number of rotatable bonds is 8. The molecule has 0 saturated heterocycles. The quantitative estimate of drug-likeness (QED) is 0.791. The number of methoxy groups -OCH3 is 1. The Labute approximate surface area is 129 Å². The van der Waals surface area contributed by atoms with Crippen molar-refractivity contribution < 1.29 is 4.74 Å². The van der Waals surface area contributed by atoms with Crippen LogP contribution in [0.2, 0.25) is 0 Å². The second-order valence-electron chi connectivity index (χ2n) is 6.31. The van der Waals surface area contributed by atoms with E-state index in [1.54, 1.807) is 7.11 Å². The van der Waals surface area contributed by atoms with E-state index in [0.29, 0.717) is 6.04 Å². The van der Waals surface area contributed by atoms with E-state index in [-0.39, 0.29) is 0 Å². The lowest BCUT2D eigenvalue weighted by Gasteiger charge is -2.25. The van der Waals surface area contributed by atoms with Gasteiger partial charge in [0.2, 0.25) is 0 Å². The van der Waals surface area contributed by atoms with Gasteiger partial charge in [0.05, 0.1) is 25.0 Å². The zero-order chi connectivity index (χ0) is 15.1. The van der Waals surface area contributed by atoms with Crippen LogP contribution in [0.1, 0.15) is 70.0 Å². The van der Waals surface area contributed by atoms with Crippen LogP contribution in [0.3, 0.4) is 0 Å². The van der Waals surface area contributed by atoms with Gasteiger partial charge in [-0.1, -0.05) is 39.0 Å². The molecule has 1 N–H and O–H groups in total. The maximum atomic E-state index is 5.50. The molecule has 1 heterocycles. The molecule has 1 aromatic heterocycles. The summed E-state index contributed by atoms with van der Waals surface area (Å²) in [5, 5.41) is 8.05. The van der Waals surface area contributed by atoms with Gasteiger partial charge in [-0.2, -0.15) is 5.10 Å². The summed E-state index contributed by atoms with van der Waals surface area (Å²) in [6.07, 6.45) is 12.6. The Kier molecular flexibility index (Phi) is 6.55. The van der Waals surface area contributed by atoms with Gasteiger partial charge in [-0.25, -0.2) is 0 Å². The number of nitrogens with zero attached hydrogens (tertiary/aromatic N) is 2. The molecule has 0 amide bonds. The zero-order valence-corrected chi connectivity index (χ0v) is 13.9. The molecule has 1 unspecified atom stereocenters. The first kappa shape index (κ1) is 16.3. The van der Waals surface area contributed by atoms with Gasteiger partial charge in [0.15, 0.2) is 5.75 Å². The van der Waals surface area contributed by atoms with E-state index in [9.17, 15) is 0 Å². The Morgan fingerprint density at radius 2 is 2.14 bits per heavy atom. The van der Waals surface area contributed by atoms with Crippen LogP contribution >= 0.6 is 0 Å². The van der Waals surface area contributed by atoms with Crippen molar-refractivity contribution in [1.29, 1.82) is 0 Å². The molecule has 1 atom stereocenters. The van der Waals surface area contributed by atoms with Crippen LogP contribution in [-0.2, 0) is 7.05 Å². The van der Waals surface area contributed by atoms with Crippen LogP contribution < -0.4 is 10.1 Å². The van der Waals surface area contributed by atoms with Crippen LogP contribution in [0.4, 0.5) is 0 Å². The summed E-state index contributed by atoms with van der Waals surface area (Å²) in [7, 11) is 3.75. The van der Waals surface area contributed by atoms with Crippen LogP contribution in [0.5, 0.6) is 5.75 Å². The van der Waals surface area contributed by atoms with E-state index in [1.165, 1.54) is 50.6 Å². The van der Waals surface area contributed by atoms with E-state index in [0.717, 1.165) is 24.6 Å². The standard InChI is InChI=1S/C17H31N3O/c1-4-12-18-15(11-10-14-8-6-5-7-9-14)17-16(21-3)13-19-20(17)2/h13-15,18H,4-12H2,1-3H3. The van der Waals surface area contributed by atoms with E-state index < -0.39 is 0 Å². The summed E-state index contributed by atoms with van der Waals surface area (Å²) in [6, 6.07) is 0.356. The van der Waals surface area contributed by atoms with Crippen molar-refractivity contribution in [3.05, 3.63) is 11.9 Å². The molecule has 1 aromatic rings. The highest BCUT2D eigenvalue weighted by Crippen LogP contribution is 2.32. The van der Waals surface area contributed by atoms with Crippen molar-refractivity contribution >= 4 is 0 Å². The first-order chi connectivity index (χ1) is 10.3. The first-order valence-corrected chi connectivity index (χ1v) is 8.55. The largest absolute Gasteiger partial charge is 0.493 e. The average Bonchev–Trinajstić information content (AvgIpc) is 2.89. The third kappa shape index (κ3) is 4.47. The second kappa shape index (κ2) is 8.42. The Hall–Kier alpha value is -1.03. The highest BCUT2D eigenvalue weighted by atomic mass is 16.5. The van der Waals surface area contributed by atoms with Crippen molar-refractivity contribution in [1.82, 2.24) is 15.1 Å². The fourth-order valence-electron chi connectivity index (χ4n) is 3.51. The summed E-state index contributed by atoms with van der Waals surface area (Å²) in [5.74, 6) is 1.83. The predicted octanol–water partition coefficient (Wildman–Crippen LogP) is 3.83. The molecule has 120 valence electrons. The molecule has 2 rings (SSSR count). The average molecular weight is 293 g/mol. The monoisotopic (exact) mass is 293 g/mol. The number of hydrogen-bond donors (Lipinski definition) is 1. The Morgan fingerprint density at radius 3 is 2.81 bits per heavy atom. The van der Waals surface area contributed by atoms with Gasteiger partial charge < -0.3 is 10.1 Å². The Bertz CT molecular complexity index is 410. The molecule has 0 spiro atoms. The van der Waals surface area contributed by atoms with Gasteiger partial charge >= 0.3 is 0 Å². The highest BCUT2D eigenvalue weighted by Gasteiger charge is 2.22. The predicted molar refractivity (Wildman–Crippen MR) is 86.6 cm³/mol. The summed E-state index contributed by atoms with van der Waals surface area (Å²) < 4.78 is 7.46. The lowest BCUT2D eigenvalue weighted by atomic mass is 9.85. The van der Waals surface area contributed by atoms with Crippen molar-refractivity contribution in [3.63, 3.8) is 0 Å². The highest BCUT2D eigenvalue weighted by molar-refractivity contribution is 5.28. The first-order valence-electron chi connectivity index (χ1n) is 8.55. The minimum absolute atomic E-state index is 0.356. The molecule has 0 aromatic carbocycles. The summed E-state index contributed by atoms with van der Waals surface area (Å²) in [5.41, 5.74) is 1.20. The van der Waals surface area contributed by atoms with E-state index in [2.05, 4.69) is 17.3 Å². The minimum Gasteiger partial charge on any atom is -0.493 e. The maximum absolute atomic E-state index is 5.50. The molecule has 0 radical (unpaired) electrons. The number of ether oxygens (including phenoxy) is 1. The zero-order valence-electron chi connectivity index (χ0n) is 13.9. The minimum atomic E-state index is 0.356. The third-order valence-electron chi connectivity index (χ3n) is 4.73. The fourth-order valence-corrected chi connectivity index (χ4v) is 3.51. The lowest BCUT2D eigenvalue weighted by molar-refractivity contribution is 0.307. The number of aromatic nitrogens is 2. The van der Waals surface area contributed by atoms with E-state index >= 15 is 0 Å². The molecule has 4 nitrogen and oxygen atoms in total. The molecular formula is C17H31N3O. The fraction of sp³-hybridized carbons (Fsp3) is 0.824. The third-order valence-corrected chi connectivity index (χ3v) is 4.73. The number of nitrogens with one attached hydrogen (secondary N) is 1. The van der Waals surface area contributed by atoms with Gasteiger partial charge in [0.25, 0.3) is 0 Å². The Balaban J connectivity index is 2.00. The van der Waals surface area contributed by atoms with Crippen molar-refractivity contribution in [3.8, 4) is 5.75 Å². The molecule has 1 aliphatic rings. The van der Waals surface area contributed by atoms with Gasteiger partial charge in [0.1, 0.15) is 0 Å². The molecule has 0 bridgehead atoms. The second-order valence-corrected chi connectivity index (χ2v) is 6.31. The van der Waals surface area contributed by atoms with Crippen LogP contribution in [0.25, 0.3) is 0 Å². The van der Waals surface area contributed by atoms with Crippen molar-refractivity contribution in [2.24, 2.45) is 13.0 Å². The van der Waals surface area contributed by atoms with E-state index in [4.69, 9.17) is 4.74 Å². The molecular weight excluding hydrogens is 262 g/mol. The Morgan fingerprint density at radius 1 is 1.38 bits per heavy atom.